The Morgan fingerprint density at radius 1 is 1.27 bits per heavy atom. The van der Waals surface area contributed by atoms with Crippen LogP contribution in [0.15, 0.2) is 35.9 Å². The van der Waals surface area contributed by atoms with Gasteiger partial charge in [-0.15, -0.1) is 0 Å². The van der Waals surface area contributed by atoms with Crippen molar-refractivity contribution in [2.75, 3.05) is 13.2 Å². The standard InChI is InChI=1S/C13H16O2/c1-10-5-3-4-6-12(10)15-13-9-14-8-7-11(13)2/h3-7,13H,8-9H2,1-2H3. The van der Waals surface area contributed by atoms with Gasteiger partial charge in [0.25, 0.3) is 0 Å². The molecule has 1 unspecified atom stereocenters. The Bertz CT molecular complexity index is 369. The number of hydrogen-bond acceptors (Lipinski definition) is 2. The van der Waals surface area contributed by atoms with Gasteiger partial charge < -0.3 is 9.47 Å². The van der Waals surface area contributed by atoms with Crippen molar-refractivity contribution in [1.29, 1.82) is 0 Å². The molecule has 2 heteroatoms. The van der Waals surface area contributed by atoms with Crippen LogP contribution in [0.3, 0.4) is 0 Å². The van der Waals surface area contributed by atoms with Gasteiger partial charge in [0, 0.05) is 0 Å². The topological polar surface area (TPSA) is 18.5 Å². The Hall–Kier alpha value is -1.28. The molecular weight excluding hydrogens is 188 g/mol. The number of aryl methyl sites for hydroxylation is 1. The van der Waals surface area contributed by atoms with E-state index >= 15 is 0 Å². The lowest BCUT2D eigenvalue weighted by Crippen LogP contribution is -2.28. The lowest BCUT2D eigenvalue weighted by Gasteiger charge is -2.24. The van der Waals surface area contributed by atoms with Crippen molar-refractivity contribution in [3.05, 3.63) is 41.5 Å². The van der Waals surface area contributed by atoms with Crippen LogP contribution in [-0.4, -0.2) is 19.3 Å². The van der Waals surface area contributed by atoms with Crippen LogP contribution >= 0.6 is 0 Å². The molecule has 15 heavy (non-hydrogen) atoms. The fourth-order valence-corrected chi connectivity index (χ4v) is 1.60. The van der Waals surface area contributed by atoms with Crippen LogP contribution in [0.1, 0.15) is 12.5 Å². The normalized spacial score (nSPS) is 20.9. The van der Waals surface area contributed by atoms with Crippen molar-refractivity contribution in [2.24, 2.45) is 0 Å². The first-order chi connectivity index (χ1) is 7.27. The van der Waals surface area contributed by atoms with Crippen molar-refractivity contribution in [2.45, 2.75) is 20.0 Å². The molecule has 1 aromatic carbocycles. The summed E-state index contributed by atoms with van der Waals surface area (Å²) in [5.41, 5.74) is 2.42. The van der Waals surface area contributed by atoms with Gasteiger partial charge in [-0.05, 0) is 31.1 Å². The molecule has 0 radical (unpaired) electrons. The summed E-state index contributed by atoms with van der Waals surface area (Å²) in [6.45, 7) is 5.50. The van der Waals surface area contributed by atoms with E-state index in [0.717, 1.165) is 11.3 Å². The van der Waals surface area contributed by atoms with Crippen molar-refractivity contribution in [3.8, 4) is 5.75 Å². The van der Waals surface area contributed by atoms with Gasteiger partial charge in [-0.25, -0.2) is 0 Å². The maximum Gasteiger partial charge on any atom is 0.143 e. The largest absolute Gasteiger partial charge is 0.483 e. The second kappa shape index (κ2) is 4.49. The first-order valence-electron chi connectivity index (χ1n) is 5.24. The molecule has 1 heterocycles. The van der Waals surface area contributed by atoms with Gasteiger partial charge in [-0.3, -0.25) is 0 Å². The highest BCUT2D eigenvalue weighted by atomic mass is 16.5. The van der Waals surface area contributed by atoms with Crippen LogP contribution in [-0.2, 0) is 4.74 Å². The molecule has 0 aromatic heterocycles. The van der Waals surface area contributed by atoms with Crippen LogP contribution in [0.25, 0.3) is 0 Å². The molecule has 0 aliphatic carbocycles. The van der Waals surface area contributed by atoms with E-state index in [1.54, 1.807) is 0 Å². The second-order valence-corrected chi connectivity index (χ2v) is 3.86. The van der Waals surface area contributed by atoms with E-state index in [1.165, 1.54) is 5.57 Å². The molecule has 0 fully saturated rings. The molecule has 0 saturated heterocycles. The Morgan fingerprint density at radius 3 is 2.80 bits per heavy atom. The van der Waals surface area contributed by atoms with Gasteiger partial charge in [-0.1, -0.05) is 24.3 Å². The highest BCUT2D eigenvalue weighted by Crippen LogP contribution is 2.21. The van der Waals surface area contributed by atoms with Crippen LogP contribution in [0.4, 0.5) is 0 Å². The highest BCUT2D eigenvalue weighted by molar-refractivity contribution is 5.32. The summed E-state index contributed by atoms with van der Waals surface area (Å²) >= 11 is 0. The van der Waals surface area contributed by atoms with E-state index < -0.39 is 0 Å². The molecular formula is C13H16O2. The lowest BCUT2D eigenvalue weighted by molar-refractivity contribution is 0.0677. The zero-order valence-corrected chi connectivity index (χ0v) is 9.19. The molecule has 0 bridgehead atoms. The van der Waals surface area contributed by atoms with Gasteiger partial charge in [0.15, 0.2) is 0 Å². The van der Waals surface area contributed by atoms with Gasteiger partial charge >= 0.3 is 0 Å². The van der Waals surface area contributed by atoms with Gasteiger partial charge in [-0.2, -0.15) is 0 Å². The summed E-state index contributed by atoms with van der Waals surface area (Å²) in [7, 11) is 0. The molecule has 0 spiro atoms. The molecule has 80 valence electrons. The quantitative estimate of drug-likeness (QED) is 0.690. The average molecular weight is 204 g/mol. The van der Waals surface area contributed by atoms with Gasteiger partial charge in [0.1, 0.15) is 11.9 Å². The SMILES string of the molecule is CC1=CCOCC1Oc1ccccc1C. The maximum atomic E-state index is 5.91. The summed E-state index contributed by atoms with van der Waals surface area (Å²) in [4.78, 5) is 0. The molecule has 0 N–H and O–H groups in total. The minimum atomic E-state index is 0.0693. The summed E-state index contributed by atoms with van der Waals surface area (Å²) in [5, 5.41) is 0. The molecule has 0 saturated carbocycles. The third-order valence-electron chi connectivity index (χ3n) is 2.66. The van der Waals surface area contributed by atoms with E-state index in [9.17, 15) is 0 Å². The van der Waals surface area contributed by atoms with Crippen molar-refractivity contribution in [3.63, 3.8) is 0 Å². The average Bonchev–Trinajstić information content (AvgIpc) is 2.24. The number of ether oxygens (including phenoxy) is 2. The summed E-state index contributed by atoms with van der Waals surface area (Å²) in [5.74, 6) is 0.945. The fourth-order valence-electron chi connectivity index (χ4n) is 1.60. The monoisotopic (exact) mass is 204 g/mol. The van der Waals surface area contributed by atoms with E-state index in [2.05, 4.69) is 26.0 Å². The molecule has 1 aliphatic rings. The molecule has 2 nitrogen and oxygen atoms in total. The summed E-state index contributed by atoms with van der Waals surface area (Å²) in [6.07, 6.45) is 2.15. The van der Waals surface area contributed by atoms with Crippen LogP contribution in [0.5, 0.6) is 5.75 Å². The first kappa shape index (κ1) is 10.2. The predicted molar refractivity (Wildman–Crippen MR) is 60.2 cm³/mol. The Kier molecular flexibility index (Phi) is 3.07. The zero-order valence-electron chi connectivity index (χ0n) is 9.19. The van der Waals surface area contributed by atoms with Crippen molar-refractivity contribution >= 4 is 0 Å². The van der Waals surface area contributed by atoms with Gasteiger partial charge in [0.2, 0.25) is 0 Å². The second-order valence-electron chi connectivity index (χ2n) is 3.86. The smallest absolute Gasteiger partial charge is 0.143 e. The number of benzene rings is 1. The van der Waals surface area contributed by atoms with Crippen LogP contribution in [0.2, 0.25) is 0 Å². The Labute approximate surface area is 90.5 Å². The third-order valence-corrected chi connectivity index (χ3v) is 2.66. The number of rotatable bonds is 2. The summed E-state index contributed by atoms with van der Waals surface area (Å²) < 4.78 is 11.3. The number of para-hydroxylation sites is 1. The first-order valence-corrected chi connectivity index (χ1v) is 5.24. The van der Waals surface area contributed by atoms with E-state index in [1.807, 2.05) is 18.2 Å². The van der Waals surface area contributed by atoms with E-state index in [4.69, 9.17) is 9.47 Å². The molecule has 1 atom stereocenters. The van der Waals surface area contributed by atoms with Crippen LogP contribution in [0, 0.1) is 6.92 Å². The maximum absolute atomic E-state index is 5.91. The molecule has 2 rings (SSSR count). The predicted octanol–water partition coefficient (Wildman–Crippen LogP) is 2.72. The third kappa shape index (κ3) is 2.39. The molecule has 1 aromatic rings. The van der Waals surface area contributed by atoms with Crippen LogP contribution < -0.4 is 4.74 Å². The molecule has 1 aliphatic heterocycles. The van der Waals surface area contributed by atoms with E-state index in [0.29, 0.717) is 13.2 Å². The lowest BCUT2D eigenvalue weighted by atomic mass is 10.1. The fraction of sp³-hybridized carbons (Fsp3) is 0.385. The summed E-state index contributed by atoms with van der Waals surface area (Å²) in [6, 6.07) is 8.06. The minimum Gasteiger partial charge on any atom is -0.483 e. The Morgan fingerprint density at radius 2 is 2.07 bits per heavy atom. The van der Waals surface area contributed by atoms with E-state index in [-0.39, 0.29) is 6.10 Å². The van der Waals surface area contributed by atoms with Gasteiger partial charge in [0.05, 0.1) is 13.2 Å². The highest BCUT2D eigenvalue weighted by Gasteiger charge is 2.16. The van der Waals surface area contributed by atoms with Crippen molar-refractivity contribution < 1.29 is 9.47 Å². The zero-order chi connectivity index (χ0) is 10.7. The Balaban J connectivity index is 2.12. The minimum absolute atomic E-state index is 0.0693. The van der Waals surface area contributed by atoms with Crippen molar-refractivity contribution in [1.82, 2.24) is 0 Å². The molecule has 0 amide bonds. The number of hydrogen-bond donors (Lipinski definition) is 0.